The van der Waals surface area contributed by atoms with Gasteiger partial charge in [0, 0.05) is 19.4 Å². The Kier molecular flexibility index (Phi) is 3.95. The first-order chi connectivity index (χ1) is 11.1. The van der Waals surface area contributed by atoms with Gasteiger partial charge in [0.05, 0.1) is 0 Å². The Labute approximate surface area is 140 Å². The Bertz CT molecular complexity index is 534. The van der Waals surface area contributed by atoms with Crippen LogP contribution in [0.1, 0.15) is 71.6 Å². The minimum absolute atomic E-state index is 0.360. The van der Waals surface area contributed by atoms with Gasteiger partial charge in [-0.05, 0) is 73.5 Å². The summed E-state index contributed by atoms with van der Waals surface area (Å²) < 4.78 is 0. The van der Waals surface area contributed by atoms with Gasteiger partial charge in [0.25, 0.3) is 0 Å². The van der Waals surface area contributed by atoms with E-state index in [-0.39, 0.29) is 0 Å². The zero-order valence-electron chi connectivity index (χ0n) is 14.8. The van der Waals surface area contributed by atoms with Crippen LogP contribution in [0.5, 0.6) is 0 Å². The number of carbonyl (C=O) groups is 1. The SMILES string of the molecule is CCC1C[C@]2(C)C(CO)CC[C@H]2[C@@H]2CCC3=C(CCC(=O)C3)[C@@H]12. The van der Waals surface area contributed by atoms with Crippen molar-refractivity contribution in [2.75, 3.05) is 6.61 Å². The largest absolute Gasteiger partial charge is 0.396 e. The maximum atomic E-state index is 11.9. The van der Waals surface area contributed by atoms with Crippen LogP contribution in [0.2, 0.25) is 0 Å². The van der Waals surface area contributed by atoms with Crippen LogP contribution in [0.25, 0.3) is 0 Å². The van der Waals surface area contributed by atoms with E-state index in [1.165, 1.54) is 44.1 Å². The summed E-state index contributed by atoms with van der Waals surface area (Å²) in [4.78, 5) is 11.9. The van der Waals surface area contributed by atoms with Crippen molar-refractivity contribution in [3.63, 3.8) is 0 Å². The van der Waals surface area contributed by atoms with Crippen molar-refractivity contribution in [2.45, 2.75) is 71.6 Å². The lowest BCUT2D eigenvalue weighted by molar-refractivity contribution is -0.119. The fourth-order valence-corrected chi connectivity index (χ4v) is 7.16. The highest BCUT2D eigenvalue weighted by molar-refractivity contribution is 5.82. The van der Waals surface area contributed by atoms with Crippen molar-refractivity contribution >= 4 is 5.78 Å². The molecule has 4 rings (SSSR count). The normalized spacial score (nSPS) is 46.4. The number of aliphatic hydroxyl groups excluding tert-OH is 1. The third-order valence-electron chi connectivity index (χ3n) is 8.26. The molecule has 0 radical (unpaired) electrons. The molecule has 1 N–H and O–H groups in total. The molecular weight excluding hydrogens is 284 g/mol. The molecule has 0 aromatic heterocycles. The van der Waals surface area contributed by atoms with Crippen LogP contribution < -0.4 is 0 Å². The lowest BCUT2D eigenvalue weighted by Crippen LogP contribution is -2.48. The van der Waals surface area contributed by atoms with E-state index >= 15 is 0 Å². The van der Waals surface area contributed by atoms with Crippen molar-refractivity contribution in [3.05, 3.63) is 11.1 Å². The Morgan fingerprint density at radius 3 is 2.74 bits per heavy atom. The topological polar surface area (TPSA) is 37.3 Å². The maximum Gasteiger partial charge on any atom is 0.137 e. The van der Waals surface area contributed by atoms with Crippen LogP contribution >= 0.6 is 0 Å². The molecule has 0 amide bonds. The number of hydrogen-bond donors (Lipinski definition) is 1. The second-order valence-electron chi connectivity index (χ2n) is 9.01. The number of carbonyl (C=O) groups excluding carboxylic acids is 1. The predicted molar refractivity (Wildman–Crippen MR) is 91.9 cm³/mol. The average Bonchev–Trinajstić information content (AvgIpc) is 2.89. The average molecular weight is 316 g/mol. The second-order valence-corrected chi connectivity index (χ2v) is 9.01. The van der Waals surface area contributed by atoms with Crippen molar-refractivity contribution in [3.8, 4) is 0 Å². The fraction of sp³-hybridized carbons (Fsp3) is 0.857. The molecule has 4 aliphatic carbocycles. The van der Waals surface area contributed by atoms with Gasteiger partial charge in [-0.15, -0.1) is 0 Å². The Morgan fingerprint density at radius 2 is 2.00 bits per heavy atom. The summed E-state index contributed by atoms with van der Waals surface area (Å²) >= 11 is 0. The van der Waals surface area contributed by atoms with E-state index < -0.39 is 0 Å². The quantitative estimate of drug-likeness (QED) is 0.761. The molecule has 2 nitrogen and oxygen atoms in total. The van der Waals surface area contributed by atoms with Gasteiger partial charge in [0.2, 0.25) is 0 Å². The first kappa shape index (κ1) is 15.9. The van der Waals surface area contributed by atoms with Crippen molar-refractivity contribution < 1.29 is 9.90 Å². The third kappa shape index (κ3) is 2.27. The van der Waals surface area contributed by atoms with Gasteiger partial charge in [-0.2, -0.15) is 0 Å². The monoisotopic (exact) mass is 316 g/mol. The van der Waals surface area contributed by atoms with E-state index in [0.29, 0.717) is 23.7 Å². The number of Topliss-reactive ketones (excluding diaryl/α,β-unsaturated/α-hetero) is 1. The van der Waals surface area contributed by atoms with Gasteiger partial charge in [0.15, 0.2) is 0 Å². The number of fused-ring (bicyclic) bond motifs is 4. The van der Waals surface area contributed by atoms with Crippen LogP contribution in [0.3, 0.4) is 0 Å². The molecule has 23 heavy (non-hydrogen) atoms. The lowest BCUT2D eigenvalue weighted by Gasteiger charge is -2.55. The highest BCUT2D eigenvalue weighted by Crippen LogP contribution is 2.64. The van der Waals surface area contributed by atoms with Crippen molar-refractivity contribution in [2.24, 2.45) is 35.0 Å². The van der Waals surface area contributed by atoms with Crippen LogP contribution in [0, 0.1) is 35.0 Å². The third-order valence-corrected chi connectivity index (χ3v) is 8.26. The van der Waals surface area contributed by atoms with Crippen LogP contribution in [-0.4, -0.2) is 17.5 Å². The van der Waals surface area contributed by atoms with E-state index in [0.717, 1.165) is 42.9 Å². The molecule has 0 heterocycles. The summed E-state index contributed by atoms with van der Waals surface area (Å²) in [6.07, 6.45) is 10.2. The standard InChI is InChI=1S/C21H32O2/c1-3-13-11-21(2)15(12-22)5-9-19(21)18-7-4-14-10-16(23)6-8-17(14)20(13)18/h13,15,18-20,22H,3-12H2,1-2H3/t13?,15?,18-,19-,20+,21+/m0/s1. The molecule has 128 valence electrons. The number of allylic oxidation sites excluding steroid dienone is 2. The summed E-state index contributed by atoms with van der Waals surface area (Å²) in [6.45, 7) is 5.22. The second kappa shape index (κ2) is 5.72. The van der Waals surface area contributed by atoms with Gasteiger partial charge >= 0.3 is 0 Å². The maximum absolute atomic E-state index is 11.9. The van der Waals surface area contributed by atoms with Crippen LogP contribution in [0.15, 0.2) is 11.1 Å². The molecule has 6 atom stereocenters. The van der Waals surface area contributed by atoms with Gasteiger partial charge in [0.1, 0.15) is 5.78 Å². The number of rotatable bonds is 2. The molecule has 2 unspecified atom stereocenters. The van der Waals surface area contributed by atoms with Gasteiger partial charge < -0.3 is 5.11 Å². The zero-order valence-corrected chi connectivity index (χ0v) is 14.8. The Hall–Kier alpha value is -0.630. The van der Waals surface area contributed by atoms with E-state index in [1.54, 1.807) is 5.57 Å². The molecule has 2 heteroatoms. The smallest absolute Gasteiger partial charge is 0.137 e. The van der Waals surface area contributed by atoms with Gasteiger partial charge in [-0.1, -0.05) is 31.4 Å². The molecule has 0 aromatic rings. The molecule has 4 aliphatic rings. The van der Waals surface area contributed by atoms with Crippen molar-refractivity contribution in [1.82, 2.24) is 0 Å². The summed E-state index contributed by atoms with van der Waals surface area (Å²) in [5.74, 6) is 4.14. The van der Waals surface area contributed by atoms with E-state index in [2.05, 4.69) is 13.8 Å². The number of ketones is 1. The van der Waals surface area contributed by atoms with E-state index in [1.807, 2.05) is 0 Å². The molecular formula is C21H32O2. The minimum atomic E-state index is 0.360. The van der Waals surface area contributed by atoms with Crippen LogP contribution in [0.4, 0.5) is 0 Å². The number of aliphatic hydroxyl groups is 1. The lowest BCUT2D eigenvalue weighted by atomic mass is 9.49. The van der Waals surface area contributed by atoms with Gasteiger partial charge in [-0.25, -0.2) is 0 Å². The first-order valence-electron chi connectivity index (χ1n) is 9.91. The molecule has 2 fully saturated rings. The Morgan fingerprint density at radius 1 is 1.17 bits per heavy atom. The molecule has 0 saturated heterocycles. The summed E-state index contributed by atoms with van der Waals surface area (Å²) in [5.41, 5.74) is 3.60. The molecule has 0 aliphatic heterocycles. The fourth-order valence-electron chi connectivity index (χ4n) is 7.16. The van der Waals surface area contributed by atoms with Crippen molar-refractivity contribution in [1.29, 1.82) is 0 Å². The molecule has 0 spiro atoms. The Balaban J connectivity index is 1.71. The summed E-state index contributed by atoms with van der Waals surface area (Å²) in [7, 11) is 0. The number of hydrogen-bond acceptors (Lipinski definition) is 2. The predicted octanol–water partition coefficient (Wildman–Crippen LogP) is 4.52. The molecule has 0 aromatic carbocycles. The summed E-state index contributed by atoms with van der Waals surface area (Å²) in [5, 5.41) is 9.89. The highest BCUT2D eigenvalue weighted by Gasteiger charge is 2.57. The van der Waals surface area contributed by atoms with Crippen LogP contribution in [-0.2, 0) is 4.79 Å². The molecule has 0 bridgehead atoms. The highest BCUT2D eigenvalue weighted by atomic mass is 16.3. The van der Waals surface area contributed by atoms with E-state index in [9.17, 15) is 9.90 Å². The summed E-state index contributed by atoms with van der Waals surface area (Å²) in [6, 6.07) is 0. The first-order valence-corrected chi connectivity index (χ1v) is 9.91. The minimum Gasteiger partial charge on any atom is -0.396 e. The molecule has 2 saturated carbocycles. The van der Waals surface area contributed by atoms with Gasteiger partial charge in [-0.3, -0.25) is 4.79 Å². The zero-order chi connectivity index (χ0) is 16.2. The van der Waals surface area contributed by atoms with E-state index in [4.69, 9.17) is 0 Å².